The third-order valence-electron chi connectivity index (χ3n) is 6.58. The number of nitrogens with one attached hydrogen (secondary N) is 4. The van der Waals surface area contributed by atoms with Gasteiger partial charge in [0.15, 0.2) is 0 Å². The number of nitrogens with two attached hydrogens (primary N) is 2. The van der Waals surface area contributed by atoms with E-state index >= 15 is 0 Å². The van der Waals surface area contributed by atoms with E-state index in [0.29, 0.717) is 11.1 Å². The van der Waals surface area contributed by atoms with E-state index in [1.165, 1.54) is 31.2 Å². The summed E-state index contributed by atoms with van der Waals surface area (Å²) in [5.41, 5.74) is 12.8. The number of phenols is 1. The number of phenolic OH excluding ortho intramolecular Hbond substituents is 1. The number of carboxylic acids is 1. The van der Waals surface area contributed by atoms with Crippen molar-refractivity contribution in [2.24, 2.45) is 11.5 Å². The predicted molar refractivity (Wildman–Crippen MR) is 151 cm³/mol. The van der Waals surface area contributed by atoms with Crippen molar-refractivity contribution in [3.05, 3.63) is 65.9 Å². The first-order valence-electron chi connectivity index (χ1n) is 13.0. The van der Waals surface area contributed by atoms with Gasteiger partial charge in [-0.1, -0.05) is 30.3 Å². The van der Waals surface area contributed by atoms with Gasteiger partial charge in [0.05, 0.1) is 12.5 Å². The van der Waals surface area contributed by atoms with Crippen LogP contribution in [0.1, 0.15) is 24.5 Å². The van der Waals surface area contributed by atoms with Crippen molar-refractivity contribution in [1.82, 2.24) is 20.9 Å². The Morgan fingerprint density at radius 2 is 1.43 bits per heavy atom. The van der Waals surface area contributed by atoms with Gasteiger partial charge in [-0.05, 0) is 36.2 Å². The summed E-state index contributed by atoms with van der Waals surface area (Å²) in [6, 6.07) is 7.44. The fraction of sp³-hybridized carbons (Fsp3) is 0.321. The summed E-state index contributed by atoms with van der Waals surface area (Å²) in [7, 11) is 0. The quantitative estimate of drug-likeness (QED) is 0.110. The minimum Gasteiger partial charge on any atom is -0.508 e. The number of rotatable bonds is 14. The Morgan fingerprint density at radius 3 is 2.02 bits per heavy atom. The second-order valence-corrected chi connectivity index (χ2v) is 9.89. The van der Waals surface area contributed by atoms with Crippen molar-refractivity contribution in [3.63, 3.8) is 0 Å². The summed E-state index contributed by atoms with van der Waals surface area (Å²) >= 11 is 0. The van der Waals surface area contributed by atoms with Gasteiger partial charge in [-0.3, -0.25) is 19.2 Å². The molecule has 0 saturated heterocycles. The van der Waals surface area contributed by atoms with Gasteiger partial charge in [0.1, 0.15) is 29.9 Å². The first kappa shape index (κ1) is 31.6. The maximum atomic E-state index is 13.6. The highest BCUT2D eigenvalue weighted by Gasteiger charge is 2.32. The smallest absolute Gasteiger partial charge is 0.326 e. The van der Waals surface area contributed by atoms with Crippen LogP contribution in [0.3, 0.4) is 0 Å². The summed E-state index contributed by atoms with van der Waals surface area (Å²) in [4.78, 5) is 65.7. The van der Waals surface area contributed by atoms with Crippen molar-refractivity contribution in [2.45, 2.75) is 56.5 Å². The van der Waals surface area contributed by atoms with Gasteiger partial charge in [-0.15, -0.1) is 0 Å². The van der Waals surface area contributed by atoms with Crippen LogP contribution in [0.2, 0.25) is 0 Å². The highest BCUT2D eigenvalue weighted by molar-refractivity contribution is 5.95. The molecule has 224 valence electrons. The molecular formula is C28H34N6O8. The number of hydrogen-bond acceptors (Lipinski definition) is 8. The molecule has 0 radical (unpaired) electrons. The fourth-order valence-corrected chi connectivity index (χ4v) is 4.24. The number of carboxylic acid groups (broad SMARTS) is 1. The second kappa shape index (κ2) is 14.1. The van der Waals surface area contributed by atoms with Crippen LogP contribution < -0.4 is 27.4 Å². The average Bonchev–Trinajstić information content (AvgIpc) is 3.34. The maximum absolute atomic E-state index is 13.6. The molecule has 0 fully saturated rings. The van der Waals surface area contributed by atoms with Gasteiger partial charge in [0, 0.05) is 29.9 Å². The van der Waals surface area contributed by atoms with Crippen LogP contribution >= 0.6 is 0 Å². The van der Waals surface area contributed by atoms with Crippen LogP contribution in [-0.2, 0) is 36.8 Å². The number of aliphatic carboxylic acids is 1. The Morgan fingerprint density at radius 1 is 0.857 bits per heavy atom. The Kier molecular flexibility index (Phi) is 10.6. The van der Waals surface area contributed by atoms with E-state index in [1.807, 2.05) is 12.1 Å². The van der Waals surface area contributed by atoms with Crippen molar-refractivity contribution in [3.8, 4) is 5.75 Å². The summed E-state index contributed by atoms with van der Waals surface area (Å²) in [6.07, 6.45) is -0.415. The Balaban J connectivity index is 1.92. The minimum absolute atomic E-state index is 0.0145. The number of aliphatic hydroxyl groups is 1. The number of para-hydroxylation sites is 1. The van der Waals surface area contributed by atoms with E-state index in [9.17, 15) is 39.3 Å². The molecule has 5 atom stereocenters. The molecule has 5 unspecified atom stereocenters. The highest BCUT2D eigenvalue weighted by atomic mass is 16.4. The van der Waals surface area contributed by atoms with E-state index in [-0.39, 0.29) is 18.6 Å². The SMILES string of the molecule is CC(O)C(N)C(=O)NC(Cc1ccc(O)cc1)C(=O)NC(Cc1c[nH]c2ccccc12)C(=O)NC(CC(N)=O)C(=O)O. The largest absolute Gasteiger partial charge is 0.508 e. The molecule has 42 heavy (non-hydrogen) atoms. The van der Waals surface area contributed by atoms with Crippen LogP contribution in [0.4, 0.5) is 0 Å². The lowest BCUT2D eigenvalue weighted by molar-refractivity contribution is -0.143. The summed E-state index contributed by atoms with van der Waals surface area (Å²) in [6.45, 7) is 1.31. The number of amides is 4. The molecule has 0 aliphatic carbocycles. The fourth-order valence-electron chi connectivity index (χ4n) is 4.24. The molecular weight excluding hydrogens is 548 g/mol. The van der Waals surface area contributed by atoms with E-state index in [4.69, 9.17) is 11.5 Å². The van der Waals surface area contributed by atoms with E-state index < -0.39 is 66.3 Å². The van der Waals surface area contributed by atoms with E-state index in [1.54, 1.807) is 18.3 Å². The zero-order valence-electron chi connectivity index (χ0n) is 22.7. The maximum Gasteiger partial charge on any atom is 0.326 e. The van der Waals surface area contributed by atoms with E-state index in [2.05, 4.69) is 20.9 Å². The summed E-state index contributed by atoms with van der Waals surface area (Å²) in [5.74, 6) is -5.00. The number of hydrogen-bond donors (Lipinski definition) is 9. The first-order valence-corrected chi connectivity index (χ1v) is 13.0. The normalized spacial score (nSPS) is 14.6. The number of H-pyrrole nitrogens is 1. The van der Waals surface area contributed by atoms with Crippen molar-refractivity contribution in [1.29, 1.82) is 0 Å². The zero-order chi connectivity index (χ0) is 31.0. The number of aromatic hydroxyl groups is 1. The molecule has 2 aromatic carbocycles. The molecule has 4 amide bonds. The first-order chi connectivity index (χ1) is 19.8. The molecule has 0 aliphatic heterocycles. The average molecular weight is 583 g/mol. The van der Waals surface area contributed by atoms with Crippen molar-refractivity contribution in [2.75, 3.05) is 0 Å². The number of benzene rings is 2. The molecule has 0 aliphatic rings. The van der Waals surface area contributed by atoms with Crippen LogP contribution in [0.15, 0.2) is 54.7 Å². The lowest BCUT2D eigenvalue weighted by atomic mass is 10.0. The van der Waals surface area contributed by atoms with Gasteiger partial charge in [-0.2, -0.15) is 0 Å². The van der Waals surface area contributed by atoms with Gasteiger partial charge in [0.25, 0.3) is 0 Å². The molecule has 14 nitrogen and oxygen atoms in total. The monoisotopic (exact) mass is 582 g/mol. The lowest BCUT2D eigenvalue weighted by Gasteiger charge is -2.25. The van der Waals surface area contributed by atoms with Crippen LogP contribution in [0.5, 0.6) is 5.75 Å². The number of aromatic amines is 1. The van der Waals surface area contributed by atoms with Crippen LogP contribution in [-0.4, -0.2) is 80.2 Å². The molecule has 14 heteroatoms. The predicted octanol–water partition coefficient (Wildman–Crippen LogP) is -1.22. The Labute approximate surface area is 240 Å². The Hall–Kier alpha value is -4.95. The Bertz CT molecular complexity index is 1440. The molecule has 3 rings (SSSR count). The van der Waals surface area contributed by atoms with E-state index in [0.717, 1.165) is 10.9 Å². The number of carbonyl (C=O) groups is 5. The number of aliphatic hydroxyl groups excluding tert-OH is 1. The van der Waals surface area contributed by atoms with Gasteiger partial charge < -0.3 is 47.7 Å². The lowest BCUT2D eigenvalue weighted by Crippen LogP contribution is -2.59. The van der Waals surface area contributed by atoms with Crippen LogP contribution in [0, 0.1) is 0 Å². The number of primary amides is 1. The third-order valence-corrected chi connectivity index (χ3v) is 6.58. The third kappa shape index (κ3) is 8.52. The molecule has 11 N–H and O–H groups in total. The standard InChI is InChI=1S/C28H34N6O8/c1-14(35)24(30)27(40)33-20(10-15-6-8-17(36)9-7-15)25(38)32-21(26(39)34-22(28(41)42)12-23(29)37)11-16-13-31-19-5-3-2-4-18(16)19/h2-9,13-14,20-22,24,31,35-36H,10-12,30H2,1H3,(H2,29,37)(H,32,38)(H,33,40)(H,34,39)(H,41,42). The topological polar surface area (TPSA) is 250 Å². The molecule has 0 saturated carbocycles. The van der Waals surface area contributed by atoms with Gasteiger partial charge in [-0.25, -0.2) is 4.79 Å². The molecule has 0 bridgehead atoms. The van der Waals surface area contributed by atoms with Crippen LogP contribution in [0.25, 0.3) is 10.9 Å². The number of fused-ring (bicyclic) bond motifs is 1. The molecule has 3 aromatic rings. The molecule has 0 spiro atoms. The molecule has 1 heterocycles. The van der Waals surface area contributed by atoms with Gasteiger partial charge in [0.2, 0.25) is 23.6 Å². The summed E-state index contributed by atoms with van der Waals surface area (Å²) < 4.78 is 0. The molecule has 1 aromatic heterocycles. The zero-order valence-corrected chi connectivity index (χ0v) is 22.7. The number of carbonyl (C=O) groups excluding carboxylic acids is 4. The van der Waals surface area contributed by atoms with Gasteiger partial charge >= 0.3 is 5.97 Å². The minimum atomic E-state index is -1.64. The number of aromatic nitrogens is 1. The van der Waals surface area contributed by atoms with Crippen molar-refractivity contribution < 1.29 is 39.3 Å². The van der Waals surface area contributed by atoms with Crippen molar-refractivity contribution >= 4 is 40.5 Å². The second-order valence-electron chi connectivity index (χ2n) is 9.89. The summed E-state index contributed by atoms with van der Waals surface area (Å²) in [5, 5.41) is 36.9. The highest BCUT2D eigenvalue weighted by Crippen LogP contribution is 2.20.